The van der Waals surface area contributed by atoms with E-state index in [1.54, 1.807) is 17.0 Å². The molecule has 1 rings (SSSR count). The van der Waals surface area contributed by atoms with E-state index >= 15 is 0 Å². The van der Waals surface area contributed by atoms with E-state index in [2.05, 4.69) is 32.1 Å². The van der Waals surface area contributed by atoms with Crippen LogP contribution < -0.4 is 0 Å². The molecule has 0 aliphatic carbocycles. The average molecular weight is 192 g/mol. The third-order valence-electron chi connectivity index (χ3n) is 1.76. The summed E-state index contributed by atoms with van der Waals surface area (Å²) in [6.07, 6.45) is 3.46. The van der Waals surface area contributed by atoms with Crippen LogP contribution in [0.5, 0.6) is 0 Å². The van der Waals surface area contributed by atoms with Crippen molar-refractivity contribution in [2.24, 2.45) is 0 Å². The van der Waals surface area contributed by atoms with Crippen molar-refractivity contribution in [2.75, 3.05) is 0 Å². The molecular formula is C12H20N2. The maximum Gasteiger partial charge on any atom is 0.0660 e. The number of aromatic nitrogens is 2. The highest BCUT2D eigenvalue weighted by molar-refractivity contribution is 5.46. The zero-order valence-electron chi connectivity index (χ0n) is 9.62. The van der Waals surface area contributed by atoms with Gasteiger partial charge in [0.1, 0.15) is 0 Å². The maximum absolute atomic E-state index is 4.33. The molecule has 0 N–H and O–H groups in total. The normalized spacial score (nSPS) is 9.21. The largest absolute Gasteiger partial charge is 0.241 e. The van der Waals surface area contributed by atoms with Gasteiger partial charge < -0.3 is 0 Å². The van der Waals surface area contributed by atoms with E-state index in [0.717, 1.165) is 11.4 Å². The monoisotopic (exact) mass is 192 g/mol. The van der Waals surface area contributed by atoms with Gasteiger partial charge in [-0.25, -0.2) is 4.68 Å². The van der Waals surface area contributed by atoms with E-state index in [1.165, 1.54) is 0 Å². The SMILES string of the molecule is C=Cc1cc(C(C)C)nn1C=C.CC. The molecule has 0 bridgehead atoms. The Labute approximate surface area is 86.9 Å². The summed E-state index contributed by atoms with van der Waals surface area (Å²) in [6, 6.07) is 2.03. The first-order valence-corrected chi connectivity index (χ1v) is 5.03. The molecule has 14 heavy (non-hydrogen) atoms. The number of hydrogen-bond donors (Lipinski definition) is 0. The molecule has 0 aromatic carbocycles. The summed E-state index contributed by atoms with van der Waals surface area (Å²) >= 11 is 0. The van der Waals surface area contributed by atoms with Crippen molar-refractivity contribution in [2.45, 2.75) is 33.6 Å². The van der Waals surface area contributed by atoms with E-state index in [1.807, 2.05) is 19.9 Å². The van der Waals surface area contributed by atoms with Crippen molar-refractivity contribution in [1.82, 2.24) is 9.78 Å². The van der Waals surface area contributed by atoms with Gasteiger partial charge in [0.25, 0.3) is 0 Å². The van der Waals surface area contributed by atoms with Gasteiger partial charge >= 0.3 is 0 Å². The van der Waals surface area contributed by atoms with Crippen LogP contribution >= 0.6 is 0 Å². The lowest BCUT2D eigenvalue weighted by atomic mass is 10.1. The molecule has 0 amide bonds. The average Bonchev–Trinajstić information content (AvgIpc) is 2.63. The predicted molar refractivity (Wildman–Crippen MR) is 64.1 cm³/mol. The van der Waals surface area contributed by atoms with Crippen LogP contribution in [0.1, 0.15) is 45.0 Å². The fourth-order valence-electron chi connectivity index (χ4n) is 1.01. The second-order valence-corrected chi connectivity index (χ2v) is 2.98. The Morgan fingerprint density at radius 3 is 2.21 bits per heavy atom. The summed E-state index contributed by atoms with van der Waals surface area (Å²) in [4.78, 5) is 0. The Morgan fingerprint density at radius 2 is 1.93 bits per heavy atom. The number of hydrogen-bond acceptors (Lipinski definition) is 1. The van der Waals surface area contributed by atoms with Gasteiger partial charge in [-0.3, -0.25) is 0 Å². The van der Waals surface area contributed by atoms with E-state index in [0.29, 0.717) is 5.92 Å². The lowest BCUT2D eigenvalue weighted by Crippen LogP contribution is -1.93. The molecule has 0 aliphatic heterocycles. The second kappa shape index (κ2) is 6.19. The fourth-order valence-corrected chi connectivity index (χ4v) is 1.01. The zero-order valence-corrected chi connectivity index (χ0v) is 9.62. The van der Waals surface area contributed by atoms with Crippen LogP contribution in [0.25, 0.3) is 12.3 Å². The Balaban J connectivity index is 0.000000791. The van der Waals surface area contributed by atoms with Gasteiger partial charge in [-0.05, 0) is 18.1 Å². The minimum atomic E-state index is 0.449. The first-order valence-electron chi connectivity index (χ1n) is 5.03. The van der Waals surface area contributed by atoms with E-state index in [4.69, 9.17) is 0 Å². The predicted octanol–water partition coefficient (Wildman–Crippen LogP) is 3.78. The summed E-state index contributed by atoms with van der Waals surface area (Å²) in [7, 11) is 0. The maximum atomic E-state index is 4.33. The Kier molecular flexibility index (Phi) is 5.61. The molecule has 1 aromatic heterocycles. The van der Waals surface area contributed by atoms with Crippen LogP contribution in [0, 0.1) is 0 Å². The van der Waals surface area contributed by atoms with Crippen molar-refractivity contribution in [1.29, 1.82) is 0 Å². The molecule has 78 valence electrons. The molecule has 2 heteroatoms. The highest BCUT2D eigenvalue weighted by Crippen LogP contribution is 2.14. The van der Waals surface area contributed by atoms with Crippen LogP contribution in [0.2, 0.25) is 0 Å². The molecule has 2 nitrogen and oxygen atoms in total. The molecule has 0 aliphatic rings. The van der Waals surface area contributed by atoms with Gasteiger partial charge in [-0.2, -0.15) is 5.10 Å². The summed E-state index contributed by atoms with van der Waals surface area (Å²) in [5, 5.41) is 4.33. The minimum Gasteiger partial charge on any atom is -0.241 e. The minimum absolute atomic E-state index is 0.449. The highest BCUT2D eigenvalue weighted by Gasteiger charge is 2.05. The zero-order chi connectivity index (χ0) is 11.1. The smallest absolute Gasteiger partial charge is 0.0660 e. The molecule has 0 atom stereocenters. The summed E-state index contributed by atoms with van der Waals surface area (Å²) in [5.41, 5.74) is 2.07. The lowest BCUT2D eigenvalue weighted by molar-refractivity contribution is 0.783. The fraction of sp³-hybridized carbons (Fsp3) is 0.417. The van der Waals surface area contributed by atoms with Crippen molar-refractivity contribution in [3.63, 3.8) is 0 Å². The molecule has 1 aromatic rings. The molecule has 1 heterocycles. The molecule has 0 saturated carbocycles. The topological polar surface area (TPSA) is 17.8 Å². The van der Waals surface area contributed by atoms with Crippen LogP contribution in [0.15, 0.2) is 19.2 Å². The van der Waals surface area contributed by atoms with E-state index < -0.39 is 0 Å². The van der Waals surface area contributed by atoms with E-state index in [-0.39, 0.29) is 0 Å². The second-order valence-electron chi connectivity index (χ2n) is 2.98. The molecule has 0 fully saturated rings. The lowest BCUT2D eigenvalue weighted by Gasteiger charge is -1.96. The first-order chi connectivity index (χ1) is 6.69. The van der Waals surface area contributed by atoms with Gasteiger partial charge in [-0.15, -0.1) is 0 Å². The first kappa shape index (κ1) is 12.7. The Bertz CT molecular complexity index is 270. The van der Waals surface area contributed by atoms with Crippen molar-refractivity contribution >= 4 is 12.3 Å². The molecule has 0 saturated heterocycles. The highest BCUT2D eigenvalue weighted by atomic mass is 15.3. The van der Waals surface area contributed by atoms with Crippen molar-refractivity contribution in [3.05, 3.63) is 30.6 Å². The Hall–Kier alpha value is -1.31. The van der Waals surface area contributed by atoms with Gasteiger partial charge in [0.05, 0.1) is 11.4 Å². The van der Waals surface area contributed by atoms with Crippen LogP contribution in [-0.2, 0) is 0 Å². The summed E-state index contributed by atoms with van der Waals surface area (Å²) in [5.74, 6) is 0.449. The molecular weight excluding hydrogens is 172 g/mol. The van der Waals surface area contributed by atoms with Gasteiger partial charge in [-0.1, -0.05) is 40.9 Å². The quantitative estimate of drug-likeness (QED) is 0.712. The van der Waals surface area contributed by atoms with Gasteiger partial charge in [0.15, 0.2) is 0 Å². The molecule has 0 spiro atoms. The van der Waals surface area contributed by atoms with Gasteiger partial charge in [0.2, 0.25) is 0 Å². The number of rotatable bonds is 3. The Morgan fingerprint density at radius 1 is 1.36 bits per heavy atom. The van der Waals surface area contributed by atoms with Crippen LogP contribution in [-0.4, -0.2) is 9.78 Å². The van der Waals surface area contributed by atoms with Crippen molar-refractivity contribution < 1.29 is 0 Å². The standard InChI is InChI=1S/C10H14N2.C2H6/c1-5-9-7-10(8(3)4)11-12(9)6-2;1-2/h5-8H,1-2H2,3-4H3;1-2H3. The third-order valence-corrected chi connectivity index (χ3v) is 1.76. The van der Waals surface area contributed by atoms with Crippen molar-refractivity contribution in [3.8, 4) is 0 Å². The van der Waals surface area contributed by atoms with E-state index in [9.17, 15) is 0 Å². The summed E-state index contributed by atoms with van der Waals surface area (Å²) < 4.78 is 1.74. The molecule has 0 radical (unpaired) electrons. The van der Waals surface area contributed by atoms with Gasteiger partial charge in [0, 0.05) is 6.20 Å². The third kappa shape index (κ3) is 2.87. The molecule has 0 unspecified atom stereocenters. The summed E-state index contributed by atoms with van der Waals surface area (Å²) in [6.45, 7) is 15.6. The van der Waals surface area contributed by atoms with Crippen LogP contribution in [0.3, 0.4) is 0 Å². The van der Waals surface area contributed by atoms with Crippen LogP contribution in [0.4, 0.5) is 0 Å². The number of nitrogens with zero attached hydrogens (tertiary/aromatic N) is 2.